The molecule has 12 heteroatoms. The monoisotopic (exact) mass is 624 g/mol. The lowest BCUT2D eigenvalue weighted by Crippen LogP contribution is -2.33. The number of benzene rings is 4. The summed E-state index contributed by atoms with van der Waals surface area (Å²) < 4.78 is 77.1. The van der Waals surface area contributed by atoms with E-state index in [0.717, 1.165) is 30.7 Å². The standard InChI is InChI=1S/C32H30F2N2O7S/c1-35(2)31(37)25-29(41-3)26(33)28(27(34)30(25)42-4)36(19-21-12-7-5-8-13-21)44(39,40)24-17-11-16-23(18-24)32(38)43-20-22-14-9-6-10-15-22/h5-18H,19-20H2,1-4H3. The third-order valence-electron chi connectivity index (χ3n) is 6.59. The van der Waals surface area contributed by atoms with E-state index in [1.54, 1.807) is 54.6 Å². The first kappa shape index (κ1) is 32.0. The van der Waals surface area contributed by atoms with Crippen LogP contribution in [0.15, 0.2) is 89.8 Å². The molecule has 44 heavy (non-hydrogen) atoms. The fourth-order valence-electron chi connectivity index (χ4n) is 4.40. The number of amides is 1. The van der Waals surface area contributed by atoms with Crippen molar-refractivity contribution in [2.24, 2.45) is 0 Å². The zero-order valence-electron chi connectivity index (χ0n) is 24.4. The van der Waals surface area contributed by atoms with Gasteiger partial charge in [0.25, 0.3) is 15.9 Å². The summed E-state index contributed by atoms with van der Waals surface area (Å²) in [5, 5.41) is 0. The number of halogens is 2. The number of rotatable bonds is 11. The zero-order valence-corrected chi connectivity index (χ0v) is 25.2. The van der Waals surface area contributed by atoms with Gasteiger partial charge in [-0.2, -0.15) is 0 Å². The molecule has 4 rings (SSSR count). The van der Waals surface area contributed by atoms with Crippen molar-refractivity contribution >= 4 is 27.6 Å². The van der Waals surface area contributed by atoms with Crippen molar-refractivity contribution in [1.29, 1.82) is 0 Å². The number of hydrogen-bond donors (Lipinski definition) is 0. The van der Waals surface area contributed by atoms with Crippen LogP contribution in [0.4, 0.5) is 14.5 Å². The van der Waals surface area contributed by atoms with E-state index in [9.17, 15) is 18.0 Å². The number of sulfonamides is 1. The minimum Gasteiger partial charge on any atom is -0.493 e. The SMILES string of the molecule is COc1c(F)c(N(Cc2ccccc2)S(=O)(=O)c2cccc(C(=O)OCc3ccccc3)c2)c(F)c(OC)c1C(=O)N(C)C. The van der Waals surface area contributed by atoms with E-state index in [0.29, 0.717) is 9.87 Å². The number of carbonyl (C=O) groups is 2. The molecule has 0 unspecified atom stereocenters. The third kappa shape index (κ3) is 6.50. The number of anilines is 1. The highest BCUT2D eigenvalue weighted by Gasteiger charge is 2.38. The van der Waals surface area contributed by atoms with Gasteiger partial charge >= 0.3 is 5.97 Å². The lowest BCUT2D eigenvalue weighted by atomic mass is 10.1. The molecule has 0 N–H and O–H groups in total. The first-order valence-electron chi connectivity index (χ1n) is 13.2. The van der Waals surface area contributed by atoms with Gasteiger partial charge in [-0.1, -0.05) is 66.7 Å². The summed E-state index contributed by atoms with van der Waals surface area (Å²) in [6, 6.07) is 22.0. The molecule has 0 atom stereocenters. The molecule has 0 saturated heterocycles. The molecule has 0 aliphatic rings. The average Bonchev–Trinajstić information content (AvgIpc) is 3.03. The molecular formula is C32H30F2N2O7S. The van der Waals surface area contributed by atoms with E-state index in [-0.39, 0.29) is 12.2 Å². The van der Waals surface area contributed by atoms with Gasteiger partial charge in [0.1, 0.15) is 17.9 Å². The predicted molar refractivity (Wildman–Crippen MR) is 159 cm³/mol. The molecular weight excluding hydrogens is 594 g/mol. The molecule has 0 aliphatic heterocycles. The Morgan fingerprint density at radius 3 is 1.84 bits per heavy atom. The maximum atomic E-state index is 16.2. The average molecular weight is 625 g/mol. The molecule has 9 nitrogen and oxygen atoms in total. The Morgan fingerprint density at radius 1 is 0.773 bits per heavy atom. The number of carbonyl (C=O) groups excluding carboxylic acids is 2. The molecule has 1 amide bonds. The molecule has 230 valence electrons. The summed E-state index contributed by atoms with van der Waals surface area (Å²) in [6.07, 6.45) is 0. The number of methoxy groups -OCH3 is 2. The highest BCUT2D eigenvalue weighted by Crippen LogP contribution is 2.44. The minimum atomic E-state index is -4.78. The van der Waals surface area contributed by atoms with Crippen LogP contribution in [0.3, 0.4) is 0 Å². The molecule has 0 radical (unpaired) electrons. The van der Waals surface area contributed by atoms with Crippen molar-refractivity contribution in [1.82, 2.24) is 4.90 Å². The van der Waals surface area contributed by atoms with E-state index >= 15 is 8.78 Å². The van der Waals surface area contributed by atoms with E-state index < -0.39 is 67.7 Å². The van der Waals surface area contributed by atoms with Crippen molar-refractivity contribution in [3.05, 3.63) is 119 Å². The van der Waals surface area contributed by atoms with Crippen molar-refractivity contribution in [3.63, 3.8) is 0 Å². The molecule has 0 saturated carbocycles. The van der Waals surface area contributed by atoms with Crippen molar-refractivity contribution < 1.29 is 41.0 Å². The summed E-state index contributed by atoms with van der Waals surface area (Å²) in [6.45, 7) is -0.572. The Bertz CT molecular complexity index is 1740. The van der Waals surface area contributed by atoms with Gasteiger partial charge in [-0.05, 0) is 29.3 Å². The second-order valence-corrected chi connectivity index (χ2v) is 11.6. The van der Waals surface area contributed by atoms with Crippen LogP contribution in [0.1, 0.15) is 31.8 Å². The number of hydrogen-bond acceptors (Lipinski definition) is 7. The van der Waals surface area contributed by atoms with Crippen LogP contribution < -0.4 is 13.8 Å². The molecule has 0 heterocycles. The maximum absolute atomic E-state index is 16.2. The maximum Gasteiger partial charge on any atom is 0.338 e. The minimum absolute atomic E-state index is 0.0508. The largest absolute Gasteiger partial charge is 0.493 e. The topological polar surface area (TPSA) is 102 Å². The van der Waals surface area contributed by atoms with E-state index in [1.807, 2.05) is 6.07 Å². The summed E-state index contributed by atoms with van der Waals surface area (Å²) in [7, 11) is 0.0833. The highest BCUT2D eigenvalue weighted by molar-refractivity contribution is 7.92. The Balaban J connectivity index is 1.86. The molecule has 4 aromatic rings. The molecule has 0 spiro atoms. The smallest absolute Gasteiger partial charge is 0.338 e. The molecule has 0 bridgehead atoms. The number of ether oxygens (including phenoxy) is 3. The predicted octanol–water partition coefficient (Wildman–Crippen LogP) is 5.44. The van der Waals surface area contributed by atoms with Gasteiger partial charge in [-0.3, -0.25) is 9.10 Å². The fourth-order valence-corrected chi connectivity index (χ4v) is 5.91. The molecule has 0 aromatic heterocycles. The summed E-state index contributed by atoms with van der Waals surface area (Å²) in [5.74, 6) is -5.91. The first-order chi connectivity index (χ1) is 21.0. The highest BCUT2D eigenvalue weighted by atomic mass is 32.2. The summed E-state index contributed by atoms with van der Waals surface area (Å²) >= 11 is 0. The van der Waals surface area contributed by atoms with Crippen molar-refractivity contribution in [2.75, 3.05) is 32.6 Å². The van der Waals surface area contributed by atoms with E-state index in [4.69, 9.17) is 14.2 Å². The van der Waals surface area contributed by atoms with Crippen LogP contribution in [-0.2, 0) is 27.9 Å². The van der Waals surface area contributed by atoms with Gasteiger partial charge in [0, 0.05) is 14.1 Å². The van der Waals surface area contributed by atoms with Crippen LogP contribution >= 0.6 is 0 Å². The van der Waals surface area contributed by atoms with Gasteiger partial charge < -0.3 is 19.1 Å². The number of nitrogens with zero attached hydrogens (tertiary/aromatic N) is 2. The molecule has 0 aliphatic carbocycles. The second-order valence-electron chi connectivity index (χ2n) is 9.70. The van der Waals surface area contributed by atoms with Crippen LogP contribution in [0.2, 0.25) is 0 Å². The lowest BCUT2D eigenvalue weighted by molar-refractivity contribution is 0.0472. The Morgan fingerprint density at radius 2 is 1.32 bits per heavy atom. The summed E-state index contributed by atoms with van der Waals surface area (Å²) in [5.41, 5.74) is -0.568. The molecule has 0 fully saturated rings. The van der Waals surface area contributed by atoms with Gasteiger partial charge in [0.2, 0.25) is 0 Å². The Hall–Kier alpha value is -4.97. The number of esters is 1. The van der Waals surface area contributed by atoms with Gasteiger partial charge in [-0.25, -0.2) is 22.0 Å². The van der Waals surface area contributed by atoms with Crippen LogP contribution in [0, 0.1) is 11.6 Å². The van der Waals surface area contributed by atoms with Crippen LogP contribution in [0.25, 0.3) is 0 Å². The van der Waals surface area contributed by atoms with Crippen molar-refractivity contribution in [2.45, 2.75) is 18.0 Å². The third-order valence-corrected chi connectivity index (χ3v) is 8.33. The Labute approximate surface area is 254 Å². The van der Waals surface area contributed by atoms with Crippen LogP contribution in [-0.4, -0.2) is 53.5 Å². The van der Waals surface area contributed by atoms with Crippen molar-refractivity contribution in [3.8, 4) is 11.5 Å². The summed E-state index contributed by atoms with van der Waals surface area (Å²) in [4.78, 5) is 26.4. The molecule has 4 aromatic carbocycles. The Kier molecular flexibility index (Phi) is 9.84. The first-order valence-corrected chi connectivity index (χ1v) is 14.7. The van der Waals surface area contributed by atoms with Gasteiger partial charge in [0.05, 0.1) is 31.2 Å². The van der Waals surface area contributed by atoms with Crippen LogP contribution in [0.5, 0.6) is 11.5 Å². The van der Waals surface area contributed by atoms with E-state index in [1.165, 1.54) is 32.3 Å². The quantitative estimate of drug-likeness (QED) is 0.205. The lowest BCUT2D eigenvalue weighted by Gasteiger charge is -2.28. The van der Waals surface area contributed by atoms with Gasteiger partial charge in [0.15, 0.2) is 23.1 Å². The normalized spacial score (nSPS) is 11.0. The second kappa shape index (κ2) is 13.6. The fraction of sp³-hybridized carbons (Fsp3) is 0.188. The zero-order chi connectivity index (χ0) is 32.0. The van der Waals surface area contributed by atoms with Gasteiger partial charge in [-0.15, -0.1) is 0 Å². The van der Waals surface area contributed by atoms with E-state index in [2.05, 4.69) is 0 Å².